The van der Waals surface area contributed by atoms with Crippen LogP contribution in [0.25, 0.3) is 43.8 Å². The number of para-hydroxylation sites is 3. The number of esters is 1. The van der Waals surface area contributed by atoms with Crippen LogP contribution >= 0.6 is 0 Å². The average Bonchev–Trinajstić information content (AvgIpc) is 3.58. The van der Waals surface area contributed by atoms with Gasteiger partial charge in [-0.1, -0.05) is 66.7 Å². The maximum Gasteiger partial charge on any atom is 0.355 e. The van der Waals surface area contributed by atoms with E-state index in [1.54, 1.807) is 0 Å². The summed E-state index contributed by atoms with van der Waals surface area (Å²) in [4.78, 5) is 24.1. The topological polar surface area (TPSA) is 93.3 Å². The van der Waals surface area contributed by atoms with Gasteiger partial charge in [0.1, 0.15) is 11.4 Å². The number of hydrogen-bond acceptors (Lipinski definition) is 7. The molecule has 0 atom stereocenters. The summed E-state index contributed by atoms with van der Waals surface area (Å²) in [6.07, 6.45) is 1.31. The molecule has 7 aromatic rings. The Morgan fingerprint density at radius 1 is 0.857 bits per heavy atom. The molecule has 0 spiro atoms. The maximum absolute atomic E-state index is 14.1. The van der Waals surface area contributed by atoms with Gasteiger partial charge in [-0.25, -0.2) is 14.8 Å². The zero-order valence-corrected chi connectivity index (χ0v) is 27.9. The molecule has 0 N–H and O–H groups in total. The molecule has 0 fully saturated rings. The lowest BCUT2D eigenvalue weighted by Crippen LogP contribution is -2.17. The zero-order chi connectivity index (χ0) is 33.5. The molecule has 49 heavy (non-hydrogen) atoms. The fourth-order valence-corrected chi connectivity index (χ4v) is 7.12. The van der Waals surface area contributed by atoms with Crippen LogP contribution in [0, 0.1) is 6.92 Å². The van der Waals surface area contributed by atoms with Crippen molar-refractivity contribution in [3.8, 4) is 16.9 Å². The Kier molecular flexibility index (Phi) is 8.05. The molecule has 0 saturated heterocycles. The van der Waals surface area contributed by atoms with E-state index in [9.17, 15) is 4.79 Å². The summed E-state index contributed by atoms with van der Waals surface area (Å²) < 4.78 is 22.4. The van der Waals surface area contributed by atoms with E-state index in [0.717, 1.165) is 77.9 Å². The molecule has 3 aromatic heterocycles. The minimum absolute atomic E-state index is 0.260. The van der Waals surface area contributed by atoms with Crippen LogP contribution in [0.5, 0.6) is 5.75 Å². The van der Waals surface area contributed by atoms with Gasteiger partial charge in [-0.3, -0.25) is 4.68 Å². The van der Waals surface area contributed by atoms with Gasteiger partial charge in [0, 0.05) is 34.6 Å². The number of fused-ring (bicyclic) bond motifs is 5. The van der Waals surface area contributed by atoms with Crippen molar-refractivity contribution in [2.75, 3.05) is 13.2 Å². The van der Waals surface area contributed by atoms with Gasteiger partial charge in [0.25, 0.3) is 0 Å². The number of aromatic nitrogens is 5. The Morgan fingerprint density at radius 2 is 1.57 bits per heavy atom. The summed E-state index contributed by atoms with van der Waals surface area (Å²) >= 11 is 0. The first-order valence-electron chi connectivity index (χ1n) is 16.8. The first-order chi connectivity index (χ1) is 24.0. The van der Waals surface area contributed by atoms with Crippen molar-refractivity contribution in [3.63, 3.8) is 0 Å². The van der Waals surface area contributed by atoms with E-state index in [1.165, 1.54) is 0 Å². The number of nitrogens with zero attached hydrogens (tertiary/aromatic N) is 5. The summed E-state index contributed by atoms with van der Waals surface area (Å²) in [5, 5.41) is 8.08. The molecule has 1 aliphatic rings. The fourth-order valence-electron chi connectivity index (χ4n) is 7.12. The van der Waals surface area contributed by atoms with E-state index in [-0.39, 0.29) is 19.2 Å². The normalized spacial score (nSPS) is 12.9. The number of ether oxygens (including phenoxy) is 3. The van der Waals surface area contributed by atoms with E-state index in [0.29, 0.717) is 38.3 Å². The molecule has 0 bridgehead atoms. The fraction of sp³-hybridized carbons (Fsp3) is 0.250. The molecule has 4 heterocycles. The van der Waals surface area contributed by atoms with E-state index >= 15 is 0 Å². The molecule has 1 aliphatic heterocycles. The van der Waals surface area contributed by atoms with Gasteiger partial charge >= 0.3 is 5.97 Å². The number of rotatable bonds is 7. The average molecular weight is 652 g/mol. The van der Waals surface area contributed by atoms with Crippen LogP contribution in [-0.2, 0) is 42.7 Å². The summed E-state index contributed by atoms with van der Waals surface area (Å²) in [5.74, 6) is 0.492. The lowest BCUT2D eigenvalue weighted by molar-refractivity contribution is 0.0513. The molecule has 9 heteroatoms. The standard InChI is InChI=1S/C40H37N5O4/c1-4-48-40(46)39-29(17-11-21-49-36-20-9-13-26-12-5-6-14-27(26)36)28-15-10-16-30-37-25(2)44(3)43-35(37)24-47-23-34-33(22-45(39)38(28)30)41-31-18-7-8-19-32(31)42-34/h5-10,12-16,18-20H,4,11,17,21-24H2,1-3H3. The number of benzene rings is 4. The molecule has 0 amide bonds. The summed E-state index contributed by atoms with van der Waals surface area (Å²) in [7, 11) is 1.95. The van der Waals surface area contributed by atoms with Crippen molar-refractivity contribution in [2.45, 2.75) is 46.4 Å². The molecular formula is C40H37N5O4. The van der Waals surface area contributed by atoms with E-state index < -0.39 is 0 Å². The summed E-state index contributed by atoms with van der Waals surface area (Å²) in [5.41, 5.74) is 9.31. The second-order valence-electron chi connectivity index (χ2n) is 12.4. The van der Waals surface area contributed by atoms with Gasteiger partial charge in [-0.05, 0) is 55.8 Å². The Morgan fingerprint density at radius 3 is 2.41 bits per heavy atom. The van der Waals surface area contributed by atoms with Crippen LogP contribution in [0.3, 0.4) is 0 Å². The van der Waals surface area contributed by atoms with Gasteiger partial charge in [0.2, 0.25) is 0 Å². The van der Waals surface area contributed by atoms with Crippen LogP contribution in [0.2, 0.25) is 0 Å². The van der Waals surface area contributed by atoms with Crippen molar-refractivity contribution in [3.05, 3.63) is 119 Å². The molecular weight excluding hydrogens is 614 g/mol. The molecule has 0 unspecified atom stereocenters. The number of aryl methyl sites for hydroxylation is 2. The minimum atomic E-state index is -0.362. The van der Waals surface area contributed by atoms with Gasteiger partial charge in [-0.2, -0.15) is 5.10 Å². The van der Waals surface area contributed by atoms with Gasteiger partial charge in [0.05, 0.1) is 66.6 Å². The smallest absolute Gasteiger partial charge is 0.355 e. The molecule has 0 aliphatic carbocycles. The third-order valence-corrected chi connectivity index (χ3v) is 9.42. The lowest BCUT2D eigenvalue weighted by atomic mass is 9.98. The monoisotopic (exact) mass is 651 g/mol. The zero-order valence-electron chi connectivity index (χ0n) is 27.9. The molecule has 246 valence electrons. The Hall–Kier alpha value is -5.54. The second-order valence-corrected chi connectivity index (χ2v) is 12.4. The van der Waals surface area contributed by atoms with E-state index in [2.05, 4.69) is 47.9 Å². The molecule has 4 aromatic carbocycles. The highest BCUT2D eigenvalue weighted by Crippen LogP contribution is 2.39. The van der Waals surface area contributed by atoms with Crippen LogP contribution in [0.15, 0.2) is 84.9 Å². The van der Waals surface area contributed by atoms with Crippen molar-refractivity contribution in [1.82, 2.24) is 24.3 Å². The van der Waals surface area contributed by atoms with Crippen LogP contribution in [-0.4, -0.2) is 43.5 Å². The van der Waals surface area contributed by atoms with Gasteiger partial charge in [-0.15, -0.1) is 0 Å². The third-order valence-electron chi connectivity index (χ3n) is 9.42. The van der Waals surface area contributed by atoms with E-state index in [1.807, 2.05) is 67.2 Å². The second kappa shape index (κ2) is 12.8. The predicted octanol–water partition coefficient (Wildman–Crippen LogP) is 7.71. The minimum Gasteiger partial charge on any atom is -0.493 e. The van der Waals surface area contributed by atoms with Crippen molar-refractivity contribution in [1.29, 1.82) is 0 Å². The molecule has 0 radical (unpaired) electrons. The molecule has 8 rings (SSSR count). The summed E-state index contributed by atoms with van der Waals surface area (Å²) in [6, 6.07) is 28.5. The molecule has 9 nitrogen and oxygen atoms in total. The van der Waals surface area contributed by atoms with Crippen LogP contribution in [0.4, 0.5) is 0 Å². The van der Waals surface area contributed by atoms with Crippen LogP contribution in [0.1, 0.15) is 52.2 Å². The highest BCUT2D eigenvalue weighted by molar-refractivity contribution is 6.05. The first-order valence-corrected chi connectivity index (χ1v) is 16.8. The first kappa shape index (κ1) is 30.8. The number of carbonyl (C=O) groups is 1. The molecule has 0 saturated carbocycles. The quantitative estimate of drug-likeness (QED) is 0.129. The Bertz CT molecular complexity index is 2370. The maximum atomic E-state index is 14.1. The van der Waals surface area contributed by atoms with Gasteiger partial charge in [0.15, 0.2) is 0 Å². The van der Waals surface area contributed by atoms with Crippen LogP contribution < -0.4 is 4.74 Å². The predicted molar refractivity (Wildman–Crippen MR) is 190 cm³/mol. The number of carbonyl (C=O) groups excluding carboxylic acids is 1. The highest BCUT2D eigenvalue weighted by Gasteiger charge is 2.29. The number of hydrogen-bond donors (Lipinski definition) is 0. The van der Waals surface area contributed by atoms with E-state index in [4.69, 9.17) is 29.3 Å². The Balaban J connectivity index is 1.29. The SMILES string of the molecule is CCOC(=O)c1c(CCCOc2cccc3ccccc23)c2cccc3c2n1Cc1nc2ccccc2nc1COCc1nn(C)c(C)c1-3. The van der Waals surface area contributed by atoms with Crippen molar-refractivity contribution < 1.29 is 19.0 Å². The Labute approximate surface area is 284 Å². The lowest BCUT2D eigenvalue weighted by Gasteiger charge is -2.15. The van der Waals surface area contributed by atoms with Gasteiger partial charge < -0.3 is 18.8 Å². The summed E-state index contributed by atoms with van der Waals surface area (Å²) in [6.45, 7) is 5.55. The van der Waals surface area contributed by atoms with Crippen molar-refractivity contribution in [2.24, 2.45) is 7.05 Å². The third kappa shape index (κ3) is 5.50. The highest BCUT2D eigenvalue weighted by atomic mass is 16.5. The van der Waals surface area contributed by atoms with Crippen molar-refractivity contribution >= 4 is 38.7 Å². The largest absolute Gasteiger partial charge is 0.493 e.